The van der Waals surface area contributed by atoms with Gasteiger partial charge in [-0.05, 0) is 55.0 Å². The molecule has 0 bridgehead atoms. The van der Waals surface area contributed by atoms with Crippen LogP contribution in [-0.2, 0) is 19.1 Å². The number of nitrogens with one attached hydrogen (secondary N) is 1. The van der Waals surface area contributed by atoms with E-state index in [1.807, 2.05) is 0 Å². The summed E-state index contributed by atoms with van der Waals surface area (Å²) in [5, 5.41) is 15.6. The summed E-state index contributed by atoms with van der Waals surface area (Å²) < 4.78 is 5.45. The van der Waals surface area contributed by atoms with E-state index < -0.39 is 24.0 Å². The number of fused-ring (bicyclic) bond motifs is 1. The molecular formula is C22H21ClN6O4. The molecule has 2 atom stereocenters. The Balaban J connectivity index is 1.47. The Morgan fingerprint density at radius 2 is 1.91 bits per heavy atom. The van der Waals surface area contributed by atoms with Crippen molar-refractivity contribution in [1.82, 2.24) is 20.2 Å². The second-order valence-corrected chi connectivity index (χ2v) is 7.87. The molecule has 1 N–H and O–H groups in total. The average molecular weight is 469 g/mol. The number of carbonyl (C=O) groups excluding carboxylic acids is 3. The Bertz CT molecular complexity index is 1200. The highest BCUT2D eigenvalue weighted by Gasteiger charge is 2.33. The Morgan fingerprint density at radius 3 is 2.64 bits per heavy atom. The van der Waals surface area contributed by atoms with Crippen molar-refractivity contribution in [3.8, 4) is 11.4 Å². The predicted octanol–water partition coefficient (Wildman–Crippen LogP) is 2.86. The molecular weight excluding hydrogens is 448 g/mol. The van der Waals surface area contributed by atoms with Gasteiger partial charge < -0.3 is 10.1 Å². The van der Waals surface area contributed by atoms with Crippen LogP contribution in [-0.4, -0.2) is 50.6 Å². The van der Waals surface area contributed by atoms with Gasteiger partial charge in [-0.15, -0.1) is 15.0 Å². The summed E-state index contributed by atoms with van der Waals surface area (Å²) in [5.41, 5.74) is 1.76. The van der Waals surface area contributed by atoms with Gasteiger partial charge in [0.15, 0.2) is 12.1 Å². The third-order valence-electron chi connectivity index (χ3n) is 5.15. The summed E-state index contributed by atoms with van der Waals surface area (Å²) in [7, 11) is 0. The number of carbonyl (C=O) groups is 3. The van der Waals surface area contributed by atoms with Crippen molar-refractivity contribution in [1.29, 1.82) is 0 Å². The fourth-order valence-corrected chi connectivity index (χ4v) is 3.57. The van der Waals surface area contributed by atoms with Gasteiger partial charge in [0, 0.05) is 10.6 Å². The molecule has 1 aliphatic rings. The predicted molar refractivity (Wildman–Crippen MR) is 121 cm³/mol. The van der Waals surface area contributed by atoms with Gasteiger partial charge in [-0.2, -0.15) is 0 Å². The first-order chi connectivity index (χ1) is 15.9. The lowest BCUT2D eigenvalue weighted by Crippen LogP contribution is -2.47. The van der Waals surface area contributed by atoms with Gasteiger partial charge in [0.2, 0.25) is 11.7 Å². The second kappa shape index (κ2) is 9.37. The minimum Gasteiger partial charge on any atom is -0.451 e. The summed E-state index contributed by atoms with van der Waals surface area (Å²) in [6.07, 6.45) is -0.796. The molecule has 1 aromatic heterocycles. The Hall–Kier alpha value is -3.79. The van der Waals surface area contributed by atoms with Crippen LogP contribution in [0.2, 0.25) is 5.02 Å². The standard InChI is InChI=1S/C22H21ClN6O4/c1-3-17(29-26-20(25-27-29)14-8-10-15(23)11-9-14)22(32)33-13(2)21(31)28-12-19(30)24-16-6-4-5-7-18(16)28/h4-11,13,17H,3,12H2,1-2H3,(H,24,30). The van der Waals surface area contributed by atoms with Crippen molar-refractivity contribution in [2.75, 3.05) is 16.8 Å². The molecule has 4 rings (SSSR count). The highest BCUT2D eigenvalue weighted by molar-refractivity contribution is 6.30. The van der Waals surface area contributed by atoms with Crippen molar-refractivity contribution >= 4 is 40.8 Å². The van der Waals surface area contributed by atoms with E-state index >= 15 is 0 Å². The monoisotopic (exact) mass is 468 g/mol. The van der Waals surface area contributed by atoms with Crippen LogP contribution in [0.1, 0.15) is 26.3 Å². The first-order valence-corrected chi connectivity index (χ1v) is 10.7. The summed E-state index contributed by atoms with van der Waals surface area (Å²) in [6, 6.07) is 13.0. The van der Waals surface area contributed by atoms with Crippen LogP contribution in [0.5, 0.6) is 0 Å². The number of rotatable bonds is 6. The van der Waals surface area contributed by atoms with E-state index in [1.165, 1.54) is 16.6 Å². The minimum absolute atomic E-state index is 0.163. The number of para-hydroxylation sites is 2. The number of amides is 2. The number of hydrogen-bond donors (Lipinski definition) is 1. The Kier molecular flexibility index (Phi) is 6.36. The third kappa shape index (κ3) is 4.70. The summed E-state index contributed by atoms with van der Waals surface area (Å²) in [4.78, 5) is 40.4. The molecule has 0 saturated carbocycles. The van der Waals surface area contributed by atoms with E-state index in [0.29, 0.717) is 34.2 Å². The van der Waals surface area contributed by atoms with Crippen molar-refractivity contribution in [2.24, 2.45) is 0 Å². The van der Waals surface area contributed by atoms with Gasteiger partial charge in [0.1, 0.15) is 6.54 Å². The number of halogens is 1. The zero-order valence-corrected chi connectivity index (χ0v) is 18.7. The average Bonchev–Trinajstić information content (AvgIpc) is 3.28. The molecule has 2 unspecified atom stereocenters. The molecule has 0 spiro atoms. The SMILES string of the molecule is CCC(C(=O)OC(C)C(=O)N1CC(=O)Nc2ccccc21)n1nnc(-c2ccc(Cl)cc2)n1. The highest BCUT2D eigenvalue weighted by Crippen LogP contribution is 2.29. The number of esters is 1. The van der Waals surface area contributed by atoms with Gasteiger partial charge in [0.05, 0.1) is 11.4 Å². The van der Waals surface area contributed by atoms with E-state index in [1.54, 1.807) is 55.5 Å². The molecule has 2 aromatic carbocycles. The van der Waals surface area contributed by atoms with Crippen molar-refractivity contribution in [3.05, 3.63) is 53.6 Å². The molecule has 2 amide bonds. The maximum absolute atomic E-state index is 13.0. The number of benzene rings is 2. The highest BCUT2D eigenvalue weighted by atomic mass is 35.5. The number of tetrazole rings is 1. The topological polar surface area (TPSA) is 119 Å². The largest absolute Gasteiger partial charge is 0.451 e. The van der Waals surface area contributed by atoms with Crippen LogP contribution in [0.3, 0.4) is 0 Å². The quantitative estimate of drug-likeness (QED) is 0.552. The smallest absolute Gasteiger partial charge is 0.333 e. The van der Waals surface area contributed by atoms with Crippen molar-refractivity contribution < 1.29 is 19.1 Å². The number of aromatic nitrogens is 4. The first kappa shape index (κ1) is 22.4. The van der Waals surface area contributed by atoms with Crippen molar-refractivity contribution in [3.63, 3.8) is 0 Å². The maximum atomic E-state index is 13.0. The van der Waals surface area contributed by atoms with Crippen LogP contribution in [0.25, 0.3) is 11.4 Å². The zero-order valence-electron chi connectivity index (χ0n) is 17.9. The van der Waals surface area contributed by atoms with Gasteiger partial charge in [0.25, 0.3) is 5.91 Å². The Morgan fingerprint density at radius 1 is 1.18 bits per heavy atom. The van der Waals surface area contributed by atoms with E-state index in [0.717, 1.165) is 0 Å². The Labute approximate surface area is 194 Å². The lowest BCUT2D eigenvalue weighted by atomic mass is 10.1. The van der Waals surface area contributed by atoms with Crippen LogP contribution in [0.15, 0.2) is 48.5 Å². The molecule has 3 aromatic rings. The molecule has 2 heterocycles. The van der Waals surface area contributed by atoms with E-state index in [2.05, 4.69) is 20.7 Å². The first-order valence-electron chi connectivity index (χ1n) is 10.3. The normalized spacial score (nSPS) is 14.8. The lowest BCUT2D eigenvalue weighted by Gasteiger charge is -2.31. The zero-order chi connectivity index (χ0) is 23.5. The summed E-state index contributed by atoms with van der Waals surface area (Å²) >= 11 is 5.91. The van der Waals surface area contributed by atoms with Gasteiger partial charge >= 0.3 is 5.97 Å². The van der Waals surface area contributed by atoms with E-state index in [-0.39, 0.29) is 12.5 Å². The molecule has 0 saturated heterocycles. The van der Waals surface area contributed by atoms with Gasteiger partial charge in [-0.25, -0.2) is 4.79 Å². The number of nitrogens with zero attached hydrogens (tertiary/aromatic N) is 5. The van der Waals surface area contributed by atoms with Crippen LogP contribution >= 0.6 is 11.6 Å². The summed E-state index contributed by atoms with van der Waals surface area (Å²) in [6.45, 7) is 3.08. The molecule has 11 heteroatoms. The molecule has 0 fully saturated rings. The summed E-state index contributed by atoms with van der Waals surface area (Å²) in [5.74, 6) is -1.17. The molecule has 170 valence electrons. The number of ether oxygens (including phenoxy) is 1. The van der Waals surface area contributed by atoms with Crippen LogP contribution in [0.4, 0.5) is 11.4 Å². The molecule has 10 nitrogen and oxygen atoms in total. The molecule has 0 radical (unpaired) electrons. The van der Waals surface area contributed by atoms with Crippen LogP contribution in [0, 0.1) is 0 Å². The number of hydrogen-bond acceptors (Lipinski definition) is 7. The molecule has 1 aliphatic heterocycles. The maximum Gasteiger partial charge on any atom is 0.333 e. The molecule has 0 aliphatic carbocycles. The fourth-order valence-electron chi connectivity index (χ4n) is 3.45. The van der Waals surface area contributed by atoms with Gasteiger partial charge in [-0.3, -0.25) is 14.5 Å². The van der Waals surface area contributed by atoms with E-state index in [4.69, 9.17) is 16.3 Å². The van der Waals surface area contributed by atoms with E-state index in [9.17, 15) is 14.4 Å². The van der Waals surface area contributed by atoms with Gasteiger partial charge in [-0.1, -0.05) is 30.7 Å². The lowest BCUT2D eigenvalue weighted by molar-refractivity contribution is -0.158. The fraction of sp³-hybridized carbons (Fsp3) is 0.273. The third-order valence-corrected chi connectivity index (χ3v) is 5.40. The molecule has 33 heavy (non-hydrogen) atoms. The minimum atomic E-state index is -1.12. The second-order valence-electron chi connectivity index (χ2n) is 7.43. The van der Waals surface area contributed by atoms with Crippen LogP contribution < -0.4 is 10.2 Å². The van der Waals surface area contributed by atoms with Crippen molar-refractivity contribution in [2.45, 2.75) is 32.4 Å². The number of anilines is 2.